The quantitative estimate of drug-likeness (QED) is 0.687. The largest absolute Gasteiger partial charge is 0.497 e. The number of aromatic nitrogens is 1. The minimum absolute atomic E-state index is 0.180. The average molecular weight is 397 g/mol. The van der Waals surface area contributed by atoms with Crippen LogP contribution in [0.1, 0.15) is 34.6 Å². The lowest BCUT2D eigenvalue weighted by molar-refractivity contribution is 0.0669. The van der Waals surface area contributed by atoms with Gasteiger partial charge in [-0.05, 0) is 49.2 Å². The van der Waals surface area contributed by atoms with Crippen molar-refractivity contribution >= 4 is 28.1 Å². The zero-order valence-corrected chi connectivity index (χ0v) is 16.4. The third-order valence-electron chi connectivity index (χ3n) is 4.98. The number of rotatable bonds is 4. The number of hydrogen-bond acceptors (Lipinski definition) is 5. The Morgan fingerprint density at radius 2 is 2.07 bits per heavy atom. The van der Waals surface area contributed by atoms with Crippen LogP contribution < -0.4 is 10.1 Å². The maximum absolute atomic E-state index is 14.3. The van der Waals surface area contributed by atoms with Crippen LogP contribution in [-0.4, -0.2) is 29.4 Å². The molecular formula is C21H20FN3O2S. The fraction of sp³-hybridized carbons (Fsp3) is 0.238. The zero-order chi connectivity index (χ0) is 19.7. The normalized spacial score (nSPS) is 15.8. The highest BCUT2D eigenvalue weighted by Crippen LogP contribution is 2.33. The fourth-order valence-electron chi connectivity index (χ4n) is 3.51. The summed E-state index contributed by atoms with van der Waals surface area (Å²) in [5.41, 5.74) is 2.80. The molecule has 0 radical (unpaired) electrons. The van der Waals surface area contributed by atoms with Gasteiger partial charge in [0.2, 0.25) is 0 Å². The Bertz CT molecular complexity index is 1000. The predicted octanol–water partition coefficient (Wildman–Crippen LogP) is 4.79. The number of nitrogens with zero attached hydrogens (tertiary/aromatic N) is 2. The van der Waals surface area contributed by atoms with Crippen LogP contribution in [0.25, 0.3) is 0 Å². The molecule has 0 saturated carbocycles. The summed E-state index contributed by atoms with van der Waals surface area (Å²) in [6, 6.07) is 12.2. The van der Waals surface area contributed by atoms with E-state index in [1.54, 1.807) is 23.5 Å². The van der Waals surface area contributed by atoms with Crippen molar-refractivity contribution in [3.8, 4) is 5.75 Å². The summed E-state index contributed by atoms with van der Waals surface area (Å²) in [5, 5.41) is 5.55. The summed E-state index contributed by atoms with van der Waals surface area (Å²) in [4.78, 5) is 19.1. The van der Waals surface area contributed by atoms with E-state index in [0.29, 0.717) is 29.4 Å². The first-order chi connectivity index (χ1) is 13.6. The molecule has 0 aliphatic carbocycles. The number of amides is 1. The summed E-state index contributed by atoms with van der Waals surface area (Å²) in [6.07, 6.45) is 0.643. The number of benzene rings is 2. The van der Waals surface area contributed by atoms with E-state index in [-0.39, 0.29) is 17.8 Å². The minimum atomic E-state index is -0.322. The summed E-state index contributed by atoms with van der Waals surface area (Å²) in [6.45, 7) is 2.41. The third kappa shape index (κ3) is 3.45. The molecule has 28 heavy (non-hydrogen) atoms. The second kappa shape index (κ2) is 7.59. The lowest BCUT2D eigenvalue weighted by Crippen LogP contribution is -2.39. The average Bonchev–Trinajstić information content (AvgIpc) is 3.17. The number of halogens is 1. The van der Waals surface area contributed by atoms with Gasteiger partial charge in [-0.15, -0.1) is 11.3 Å². The monoisotopic (exact) mass is 397 g/mol. The Labute approximate surface area is 166 Å². The van der Waals surface area contributed by atoms with Gasteiger partial charge in [0, 0.05) is 23.2 Å². The Balaban J connectivity index is 1.50. The van der Waals surface area contributed by atoms with E-state index in [1.165, 1.54) is 17.4 Å². The lowest BCUT2D eigenvalue weighted by atomic mass is 9.93. The smallest absolute Gasteiger partial charge is 0.273 e. The molecule has 1 aliphatic heterocycles. The molecule has 1 N–H and O–H groups in total. The summed E-state index contributed by atoms with van der Waals surface area (Å²) < 4.78 is 19.4. The number of thiazole rings is 1. The molecule has 1 atom stereocenters. The molecule has 0 spiro atoms. The molecular weight excluding hydrogens is 377 g/mol. The van der Waals surface area contributed by atoms with Gasteiger partial charge in [0.05, 0.1) is 13.2 Å². The van der Waals surface area contributed by atoms with Crippen LogP contribution in [0.4, 0.5) is 15.2 Å². The molecule has 0 fully saturated rings. The van der Waals surface area contributed by atoms with Gasteiger partial charge in [-0.3, -0.25) is 4.79 Å². The van der Waals surface area contributed by atoms with Crippen LogP contribution in [-0.2, 0) is 6.42 Å². The van der Waals surface area contributed by atoms with E-state index < -0.39 is 0 Å². The van der Waals surface area contributed by atoms with Crippen molar-refractivity contribution in [2.75, 3.05) is 19.0 Å². The molecule has 4 rings (SSSR count). The van der Waals surface area contributed by atoms with E-state index in [2.05, 4.69) is 10.3 Å². The molecule has 7 heteroatoms. The molecule has 1 aliphatic rings. The molecule has 2 heterocycles. The van der Waals surface area contributed by atoms with Crippen molar-refractivity contribution in [3.05, 3.63) is 70.5 Å². The van der Waals surface area contributed by atoms with Gasteiger partial charge in [-0.25, -0.2) is 9.37 Å². The number of anilines is 2. The number of carbonyl (C=O) groups is 1. The molecule has 0 saturated heterocycles. The highest BCUT2D eigenvalue weighted by atomic mass is 32.1. The number of methoxy groups -OCH3 is 1. The third-order valence-corrected chi connectivity index (χ3v) is 5.73. The maximum atomic E-state index is 14.3. The van der Waals surface area contributed by atoms with Crippen molar-refractivity contribution in [3.63, 3.8) is 0 Å². The highest BCUT2D eigenvalue weighted by Gasteiger charge is 2.31. The van der Waals surface area contributed by atoms with E-state index >= 15 is 0 Å². The van der Waals surface area contributed by atoms with Crippen molar-refractivity contribution in [1.29, 1.82) is 0 Å². The minimum Gasteiger partial charge on any atom is -0.497 e. The summed E-state index contributed by atoms with van der Waals surface area (Å²) in [7, 11) is 1.62. The summed E-state index contributed by atoms with van der Waals surface area (Å²) in [5.74, 6) is 0.329. The van der Waals surface area contributed by atoms with Crippen LogP contribution in [0.15, 0.2) is 47.8 Å². The molecule has 3 aromatic rings. The topological polar surface area (TPSA) is 54.5 Å². The van der Waals surface area contributed by atoms with Crippen molar-refractivity contribution in [2.24, 2.45) is 0 Å². The van der Waals surface area contributed by atoms with E-state index in [1.807, 2.05) is 37.3 Å². The van der Waals surface area contributed by atoms with Crippen molar-refractivity contribution in [2.45, 2.75) is 19.4 Å². The predicted molar refractivity (Wildman–Crippen MR) is 108 cm³/mol. The van der Waals surface area contributed by atoms with Gasteiger partial charge in [0.1, 0.15) is 17.3 Å². The van der Waals surface area contributed by atoms with E-state index in [0.717, 1.165) is 17.0 Å². The van der Waals surface area contributed by atoms with Crippen LogP contribution in [0.5, 0.6) is 5.75 Å². The SMILES string of the molecule is COc1ccc(Nc2nc(C(=O)N3CCc4cccc(F)c4C3C)cs2)cc1. The molecule has 1 amide bonds. The number of nitrogens with one attached hydrogen (secondary N) is 1. The molecule has 1 unspecified atom stereocenters. The fourth-order valence-corrected chi connectivity index (χ4v) is 4.21. The Morgan fingerprint density at radius 3 is 2.82 bits per heavy atom. The second-order valence-electron chi connectivity index (χ2n) is 6.63. The first kappa shape index (κ1) is 18.4. The van der Waals surface area contributed by atoms with Gasteiger partial charge in [0.25, 0.3) is 5.91 Å². The Kier molecular flexibility index (Phi) is 5.00. The van der Waals surface area contributed by atoms with Crippen molar-refractivity contribution < 1.29 is 13.9 Å². The van der Waals surface area contributed by atoms with Gasteiger partial charge in [0.15, 0.2) is 5.13 Å². The molecule has 0 bridgehead atoms. The Hall–Kier alpha value is -2.93. The highest BCUT2D eigenvalue weighted by molar-refractivity contribution is 7.14. The first-order valence-corrected chi connectivity index (χ1v) is 9.89. The van der Waals surface area contributed by atoms with E-state index in [4.69, 9.17) is 4.74 Å². The zero-order valence-electron chi connectivity index (χ0n) is 15.6. The second-order valence-corrected chi connectivity index (χ2v) is 7.49. The first-order valence-electron chi connectivity index (χ1n) is 9.01. The molecule has 144 valence electrons. The van der Waals surface area contributed by atoms with Gasteiger partial charge >= 0.3 is 0 Å². The van der Waals surface area contributed by atoms with Gasteiger partial charge < -0.3 is 15.0 Å². The number of ether oxygens (including phenoxy) is 1. The lowest BCUT2D eigenvalue weighted by Gasteiger charge is -2.35. The molecule has 1 aromatic heterocycles. The number of fused-ring (bicyclic) bond motifs is 1. The van der Waals surface area contributed by atoms with Crippen LogP contribution in [0.3, 0.4) is 0 Å². The van der Waals surface area contributed by atoms with Crippen molar-refractivity contribution in [1.82, 2.24) is 9.88 Å². The van der Waals surface area contributed by atoms with Crippen LogP contribution in [0, 0.1) is 5.82 Å². The maximum Gasteiger partial charge on any atom is 0.273 e. The van der Waals surface area contributed by atoms with Gasteiger partial charge in [-0.1, -0.05) is 12.1 Å². The molecule has 2 aromatic carbocycles. The Morgan fingerprint density at radius 1 is 1.29 bits per heavy atom. The van der Waals surface area contributed by atoms with E-state index in [9.17, 15) is 9.18 Å². The molecule has 5 nitrogen and oxygen atoms in total. The standard InChI is InChI=1S/C21H20FN3O2S/c1-13-19-14(4-3-5-17(19)22)10-11-25(13)20(26)18-12-28-21(24-18)23-15-6-8-16(27-2)9-7-15/h3-9,12-13H,10-11H2,1-2H3,(H,23,24). The number of carbonyl (C=O) groups excluding carboxylic acids is 1. The summed E-state index contributed by atoms with van der Waals surface area (Å²) >= 11 is 1.36. The van der Waals surface area contributed by atoms with Crippen LogP contribution in [0.2, 0.25) is 0 Å². The van der Waals surface area contributed by atoms with Crippen LogP contribution >= 0.6 is 11.3 Å². The number of hydrogen-bond donors (Lipinski definition) is 1. The van der Waals surface area contributed by atoms with Gasteiger partial charge in [-0.2, -0.15) is 0 Å².